The van der Waals surface area contributed by atoms with Crippen LogP contribution in [0.1, 0.15) is 38.5 Å². The van der Waals surface area contributed by atoms with Crippen LogP contribution in [0.2, 0.25) is 0 Å². The van der Waals surface area contributed by atoms with Gasteiger partial charge < -0.3 is 9.47 Å². The van der Waals surface area contributed by atoms with E-state index in [9.17, 15) is 26.3 Å². The van der Waals surface area contributed by atoms with Gasteiger partial charge in [-0.3, -0.25) is 0 Å². The first-order valence-electron chi connectivity index (χ1n) is 8.23. The van der Waals surface area contributed by atoms with E-state index in [1.807, 2.05) is 6.08 Å². The number of halogens is 6. The Kier molecular flexibility index (Phi) is 4.66. The summed E-state index contributed by atoms with van der Waals surface area (Å²) >= 11 is 0. The smallest absolute Gasteiger partial charge is 0.353 e. The van der Waals surface area contributed by atoms with Crippen LogP contribution in [0.5, 0.6) is 0 Å². The molecule has 138 valence electrons. The van der Waals surface area contributed by atoms with Crippen molar-refractivity contribution in [3.63, 3.8) is 0 Å². The zero-order chi connectivity index (χ0) is 17.6. The lowest BCUT2D eigenvalue weighted by atomic mass is 9.81. The van der Waals surface area contributed by atoms with Crippen molar-refractivity contribution in [2.24, 2.45) is 17.8 Å². The van der Waals surface area contributed by atoms with Gasteiger partial charge in [-0.05, 0) is 56.3 Å². The van der Waals surface area contributed by atoms with Crippen LogP contribution in [0.3, 0.4) is 0 Å². The molecule has 1 aliphatic heterocycles. The van der Waals surface area contributed by atoms with E-state index in [0.29, 0.717) is 25.7 Å². The number of rotatable bonds is 4. The van der Waals surface area contributed by atoms with Gasteiger partial charge in [-0.1, -0.05) is 12.2 Å². The molecule has 4 unspecified atom stereocenters. The number of hydrogen-bond donors (Lipinski definition) is 0. The Hall–Kier alpha value is -0.760. The van der Waals surface area contributed by atoms with Crippen molar-refractivity contribution < 1.29 is 35.8 Å². The van der Waals surface area contributed by atoms with E-state index in [0.717, 1.165) is 0 Å². The molecule has 4 atom stereocenters. The SMILES string of the molecule is FC(F)(F)C(CC1CC2C=CC1C2)(OC1CCCCO1)C(F)(F)F. The molecule has 0 aromatic rings. The second kappa shape index (κ2) is 6.20. The van der Waals surface area contributed by atoms with E-state index in [-0.39, 0.29) is 24.9 Å². The minimum absolute atomic E-state index is 0.0462. The Labute approximate surface area is 136 Å². The summed E-state index contributed by atoms with van der Waals surface area (Å²) in [5.41, 5.74) is -4.16. The predicted octanol–water partition coefficient (Wildman–Crippen LogP) is 5.00. The lowest BCUT2D eigenvalue weighted by Gasteiger charge is -2.42. The molecule has 2 aliphatic carbocycles. The standard InChI is InChI=1S/C16H20F6O2/c17-15(18,19)14(16(20,21)22,24-13-3-1-2-6-23-13)9-12-8-10-4-5-11(12)7-10/h4-5,10-13H,1-3,6-9H2. The summed E-state index contributed by atoms with van der Waals surface area (Å²) in [5.74, 6) is -0.813. The van der Waals surface area contributed by atoms with Crippen molar-refractivity contribution in [2.75, 3.05) is 6.61 Å². The molecule has 8 heteroatoms. The molecule has 0 amide bonds. The van der Waals surface area contributed by atoms with Gasteiger partial charge in [-0.15, -0.1) is 0 Å². The lowest BCUT2D eigenvalue weighted by Crippen LogP contribution is -2.61. The van der Waals surface area contributed by atoms with Crippen LogP contribution in [-0.4, -0.2) is 30.9 Å². The third-order valence-electron chi connectivity index (χ3n) is 5.35. The maximum atomic E-state index is 13.6. The summed E-state index contributed by atoms with van der Waals surface area (Å²) < 4.78 is 91.3. The van der Waals surface area contributed by atoms with Gasteiger partial charge in [0, 0.05) is 6.61 Å². The molecule has 2 nitrogen and oxygen atoms in total. The summed E-state index contributed by atoms with van der Waals surface area (Å²) in [6, 6.07) is 0. The van der Waals surface area contributed by atoms with E-state index in [2.05, 4.69) is 4.74 Å². The highest BCUT2D eigenvalue weighted by molar-refractivity contribution is 5.12. The van der Waals surface area contributed by atoms with Gasteiger partial charge in [0.2, 0.25) is 0 Å². The predicted molar refractivity (Wildman–Crippen MR) is 73.0 cm³/mol. The number of allylic oxidation sites excluding steroid dienone is 2. The molecule has 1 heterocycles. The van der Waals surface area contributed by atoms with Crippen molar-refractivity contribution in [2.45, 2.75) is 62.8 Å². The van der Waals surface area contributed by atoms with Crippen molar-refractivity contribution in [3.8, 4) is 0 Å². The number of hydrogen-bond acceptors (Lipinski definition) is 2. The molecule has 0 spiro atoms. The van der Waals surface area contributed by atoms with Crippen LogP contribution in [0.15, 0.2) is 12.2 Å². The van der Waals surface area contributed by atoms with Crippen LogP contribution in [0, 0.1) is 17.8 Å². The summed E-state index contributed by atoms with van der Waals surface area (Å²) in [6.45, 7) is 0.118. The van der Waals surface area contributed by atoms with Gasteiger partial charge in [0.1, 0.15) is 0 Å². The monoisotopic (exact) mass is 358 g/mol. The molecule has 0 radical (unpaired) electrons. The minimum atomic E-state index is -5.54. The van der Waals surface area contributed by atoms with Crippen molar-refractivity contribution in [1.82, 2.24) is 0 Å². The van der Waals surface area contributed by atoms with Gasteiger partial charge in [0.15, 0.2) is 6.29 Å². The molecule has 3 rings (SSSR count). The summed E-state index contributed by atoms with van der Waals surface area (Å²) in [7, 11) is 0. The van der Waals surface area contributed by atoms with Gasteiger partial charge in [-0.25, -0.2) is 0 Å². The maximum Gasteiger partial charge on any atom is 0.426 e. The number of alkyl halides is 6. The molecule has 24 heavy (non-hydrogen) atoms. The van der Waals surface area contributed by atoms with Gasteiger partial charge in [0.25, 0.3) is 5.60 Å². The molecular weight excluding hydrogens is 338 g/mol. The van der Waals surface area contributed by atoms with Crippen LogP contribution >= 0.6 is 0 Å². The third kappa shape index (κ3) is 3.19. The molecule has 0 aromatic heterocycles. The van der Waals surface area contributed by atoms with E-state index in [1.54, 1.807) is 6.08 Å². The topological polar surface area (TPSA) is 18.5 Å². The highest BCUT2D eigenvalue weighted by Gasteiger charge is 2.73. The van der Waals surface area contributed by atoms with Crippen LogP contribution in [0.25, 0.3) is 0 Å². The van der Waals surface area contributed by atoms with Crippen molar-refractivity contribution >= 4 is 0 Å². The van der Waals surface area contributed by atoms with Gasteiger partial charge in [0.05, 0.1) is 0 Å². The largest absolute Gasteiger partial charge is 0.426 e. The number of fused-ring (bicyclic) bond motifs is 2. The average molecular weight is 358 g/mol. The Morgan fingerprint density at radius 1 is 0.958 bits per heavy atom. The van der Waals surface area contributed by atoms with Crippen molar-refractivity contribution in [3.05, 3.63) is 12.2 Å². The lowest BCUT2D eigenvalue weighted by molar-refractivity contribution is -0.415. The second-order valence-electron chi connectivity index (χ2n) is 6.98. The maximum absolute atomic E-state index is 13.6. The Bertz CT molecular complexity index is 464. The van der Waals surface area contributed by atoms with E-state index >= 15 is 0 Å². The molecule has 3 aliphatic rings. The fourth-order valence-electron chi connectivity index (χ4n) is 4.10. The summed E-state index contributed by atoms with van der Waals surface area (Å²) in [5, 5.41) is 0. The van der Waals surface area contributed by atoms with E-state index in [1.165, 1.54) is 0 Å². The minimum Gasteiger partial charge on any atom is -0.353 e. The molecule has 2 bridgehead atoms. The second-order valence-corrected chi connectivity index (χ2v) is 6.98. The number of ether oxygens (including phenoxy) is 2. The summed E-state index contributed by atoms with van der Waals surface area (Å²) in [6.07, 6.45) is -7.88. The fraction of sp³-hybridized carbons (Fsp3) is 0.875. The fourth-order valence-corrected chi connectivity index (χ4v) is 4.10. The van der Waals surface area contributed by atoms with Gasteiger partial charge >= 0.3 is 12.4 Å². The molecule has 1 saturated heterocycles. The van der Waals surface area contributed by atoms with E-state index < -0.39 is 36.6 Å². The third-order valence-corrected chi connectivity index (χ3v) is 5.35. The first kappa shape index (κ1) is 18.0. The van der Waals surface area contributed by atoms with Crippen LogP contribution in [-0.2, 0) is 9.47 Å². The Balaban J connectivity index is 1.87. The molecular formula is C16H20F6O2. The van der Waals surface area contributed by atoms with Gasteiger partial charge in [-0.2, -0.15) is 26.3 Å². The highest BCUT2D eigenvalue weighted by atomic mass is 19.4. The molecule has 0 aromatic carbocycles. The zero-order valence-corrected chi connectivity index (χ0v) is 13.0. The van der Waals surface area contributed by atoms with Crippen LogP contribution in [0.4, 0.5) is 26.3 Å². The normalized spacial score (nSPS) is 34.1. The Morgan fingerprint density at radius 3 is 2.12 bits per heavy atom. The molecule has 0 N–H and O–H groups in total. The van der Waals surface area contributed by atoms with Crippen molar-refractivity contribution in [1.29, 1.82) is 0 Å². The molecule has 2 fully saturated rings. The highest BCUT2D eigenvalue weighted by Crippen LogP contribution is 2.55. The quantitative estimate of drug-likeness (QED) is 0.520. The summed E-state index contributed by atoms with van der Waals surface area (Å²) in [4.78, 5) is 0. The van der Waals surface area contributed by atoms with E-state index in [4.69, 9.17) is 4.74 Å². The van der Waals surface area contributed by atoms with Crippen LogP contribution < -0.4 is 0 Å². The zero-order valence-electron chi connectivity index (χ0n) is 13.0. The first-order valence-corrected chi connectivity index (χ1v) is 8.23. The molecule has 1 saturated carbocycles. The Morgan fingerprint density at radius 2 is 1.67 bits per heavy atom. The first-order chi connectivity index (χ1) is 11.1. The average Bonchev–Trinajstić information content (AvgIpc) is 3.07.